The van der Waals surface area contributed by atoms with E-state index < -0.39 is 0 Å². The first-order valence-corrected chi connectivity index (χ1v) is 5.99. The Bertz CT molecular complexity index is 169. The first-order chi connectivity index (χ1) is 7.07. The predicted molar refractivity (Wildman–Crippen MR) is 62.5 cm³/mol. The highest BCUT2D eigenvalue weighted by Crippen LogP contribution is 2.05. The Morgan fingerprint density at radius 2 is 1.93 bits per heavy atom. The van der Waals surface area contributed by atoms with Gasteiger partial charge in [0.2, 0.25) is 0 Å². The molecular weight excluding hydrogens is 190 g/mol. The van der Waals surface area contributed by atoms with E-state index in [4.69, 9.17) is 10.5 Å². The van der Waals surface area contributed by atoms with E-state index >= 15 is 0 Å². The minimum atomic E-state index is -0.160. The molecule has 0 saturated carbocycles. The minimum Gasteiger partial charge on any atom is -0.466 e. The number of rotatable bonds is 8. The number of carbonyl (C=O) groups excluding carboxylic acids is 1. The number of unbranched alkanes of at least 4 members (excludes halogenated alkanes) is 3. The van der Waals surface area contributed by atoms with E-state index in [9.17, 15) is 4.79 Å². The van der Waals surface area contributed by atoms with Crippen molar-refractivity contribution in [2.45, 2.75) is 58.9 Å². The smallest absolute Gasteiger partial charge is 0.307 e. The van der Waals surface area contributed by atoms with Crippen LogP contribution in [0.1, 0.15) is 52.9 Å². The summed E-state index contributed by atoms with van der Waals surface area (Å²) in [7, 11) is 0. The first-order valence-electron chi connectivity index (χ1n) is 5.99. The zero-order chi connectivity index (χ0) is 11.7. The van der Waals surface area contributed by atoms with Crippen LogP contribution in [0.4, 0.5) is 0 Å². The molecule has 15 heavy (non-hydrogen) atoms. The highest BCUT2D eigenvalue weighted by molar-refractivity contribution is 5.70. The lowest BCUT2D eigenvalue weighted by molar-refractivity contribution is -0.144. The second-order valence-electron chi connectivity index (χ2n) is 4.39. The number of nitrogens with two attached hydrogens (primary N) is 1. The molecule has 2 N–H and O–H groups in total. The molecule has 0 aliphatic carbocycles. The zero-order valence-corrected chi connectivity index (χ0v) is 10.3. The molecule has 0 aliphatic rings. The summed E-state index contributed by atoms with van der Waals surface area (Å²) in [6, 6.07) is -0.0758. The van der Waals surface area contributed by atoms with Gasteiger partial charge in [-0.1, -0.05) is 40.0 Å². The van der Waals surface area contributed by atoms with Gasteiger partial charge in [0.05, 0.1) is 13.0 Å². The maximum Gasteiger partial charge on any atom is 0.307 e. The van der Waals surface area contributed by atoms with Crippen molar-refractivity contribution in [2.24, 2.45) is 11.7 Å². The normalized spacial score (nSPS) is 12.9. The van der Waals surface area contributed by atoms with Crippen LogP contribution in [0.15, 0.2) is 0 Å². The van der Waals surface area contributed by atoms with Gasteiger partial charge in [-0.05, 0) is 12.3 Å². The van der Waals surface area contributed by atoms with E-state index in [1.54, 1.807) is 0 Å². The molecule has 0 heterocycles. The third kappa shape index (κ3) is 8.43. The van der Waals surface area contributed by atoms with Gasteiger partial charge in [-0.3, -0.25) is 4.79 Å². The highest BCUT2D eigenvalue weighted by Gasteiger charge is 2.13. The summed E-state index contributed by atoms with van der Waals surface area (Å²) in [4.78, 5) is 11.3. The lowest BCUT2D eigenvalue weighted by Gasteiger charge is -2.14. The van der Waals surface area contributed by atoms with Crippen molar-refractivity contribution >= 4 is 5.97 Å². The maximum absolute atomic E-state index is 11.3. The Morgan fingerprint density at radius 1 is 1.27 bits per heavy atom. The maximum atomic E-state index is 11.3. The van der Waals surface area contributed by atoms with Crippen molar-refractivity contribution < 1.29 is 9.53 Å². The fourth-order valence-corrected chi connectivity index (χ4v) is 1.20. The van der Waals surface area contributed by atoms with Crippen LogP contribution in [0.2, 0.25) is 0 Å². The molecule has 0 aromatic rings. The van der Waals surface area contributed by atoms with Crippen molar-refractivity contribution in [2.75, 3.05) is 6.61 Å². The van der Waals surface area contributed by atoms with Gasteiger partial charge in [-0.2, -0.15) is 0 Å². The van der Waals surface area contributed by atoms with E-state index in [1.807, 2.05) is 13.8 Å². The molecule has 1 atom stereocenters. The topological polar surface area (TPSA) is 52.3 Å². The second-order valence-corrected chi connectivity index (χ2v) is 4.39. The Kier molecular flexibility index (Phi) is 8.38. The lowest BCUT2D eigenvalue weighted by Crippen LogP contribution is -2.30. The molecule has 0 aliphatic heterocycles. The van der Waals surface area contributed by atoms with E-state index in [0.29, 0.717) is 18.9 Å². The van der Waals surface area contributed by atoms with Gasteiger partial charge in [0, 0.05) is 6.04 Å². The molecule has 0 aromatic heterocycles. The van der Waals surface area contributed by atoms with Gasteiger partial charge in [0.25, 0.3) is 0 Å². The summed E-state index contributed by atoms with van der Waals surface area (Å²) in [5.74, 6) is 0.172. The van der Waals surface area contributed by atoms with Crippen molar-refractivity contribution in [1.29, 1.82) is 0 Å². The van der Waals surface area contributed by atoms with Crippen LogP contribution in [0.25, 0.3) is 0 Å². The van der Waals surface area contributed by atoms with E-state index in [2.05, 4.69) is 6.92 Å². The summed E-state index contributed by atoms with van der Waals surface area (Å²) < 4.78 is 5.09. The van der Waals surface area contributed by atoms with E-state index in [0.717, 1.165) is 12.8 Å². The molecule has 0 amide bonds. The number of esters is 1. The lowest BCUT2D eigenvalue weighted by atomic mass is 10.0. The summed E-state index contributed by atoms with van der Waals surface area (Å²) in [5, 5.41) is 0. The van der Waals surface area contributed by atoms with Crippen LogP contribution in [0.3, 0.4) is 0 Å². The standard InChI is InChI=1S/C12H25NO2/c1-4-5-6-7-8-15-12(14)9-11(13)10(2)3/h10-11H,4-9,13H2,1-3H3. The summed E-state index contributed by atoms with van der Waals surface area (Å²) in [6.45, 7) is 6.73. The molecule has 0 spiro atoms. The van der Waals surface area contributed by atoms with Crippen molar-refractivity contribution in [3.63, 3.8) is 0 Å². The number of carbonyl (C=O) groups is 1. The average molecular weight is 215 g/mol. The van der Waals surface area contributed by atoms with Gasteiger partial charge in [-0.25, -0.2) is 0 Å². The molecule has 0 radical (unpaired) electrons. The van der Waals surface area contributed by atoms with Crippen molar-refractivity contribution in [1.82, 2.24) is 0 Å². The second kappa shape index (κ2) is 8.72. The summed E-state index contributed by atoms with van der Waals surface area (Å²) in [6.07, 6.45) is 4.86. The average Bonchev–Trinajstić information content (AvgIpc) is 2.17. The first kappa shape index (κ1) is 14.4. The van der Waals surface area contributed by atoms with Crippen LogP contribution in [-0.2, 0) is 9.53 Å². The third-order valence-electron chi connectivity index (χ3n) is 2.52. The van der Waals surface area contributed by atoms with Gasteiger partial charge >= 0.3 is 5.97 Å². The summed E-state index contributed by atoms with van der Waals surface area (Å²) in [5.41, 5.74) is 5.77. The van der Waals surface area contributed by atoms with Crippen LogP contribution in [0.5, 0.6) is 0 Å². The quantitative estimate of drug-likeness (QED) is 0.500. The van der Waals surface area contributed by atoms with Crippen molar-refractivity contribution in [3.05, 3.63) is 0 Å². The van der Waals surface area contributed by atoms with Gasteiger partial charge < -0.3 is 10.5 Å². The van der Waals surface area contributed by atoms with Gasteiger partial charge in [0.1, 0.15) is 0 Å². The fourth-order valence-electron chi connectivity index (χ4n) is 1.20. The zero-order valence-electron chi connectivity index (χ0n) is 10.3. The largest absolute Gasteiger partial charge is 0.466 e. The molecular formula is C12H25NO2. The monoisotopic (exact) mass is 215 g/mol. The number of ether oxygens (including phenoxy) is 1. The molecule has 0 saturated heterocycles. The van der Waals surface area contributed by atoms with Crippen LogP contribution in [-0.4, -0.2) is 18.6 Å². The highest BCUT2D eigenvalue weighted by atomic mass is 16.5. The number of hydrogen-bond donors (Lipinski definition) is 1. The summed E-state index contributed by atoms with van der Waals surface area (Å²) >= 11 is 0. The Hall–Kier alpha value is -0.570. The number of hydrogen-bond acceptors (Lipinski definition) is 3. The molecule has 3 nitrogen and oxygen atoms in total. The van der Waals surface area contributed by atoms with Crippen LogP contribution in [0, 0.1) is 5.92 Å². The molecule has 0 bridgehead atoms. The van der Waals surface area contributed by atoms with E-state index in [-0.39, 0.29) is 12.0 Å². The molecule has 0 fully saturated rings. The predicted octanol–water partition coefficient (Wildman–Crippen LogP) is 2.48. The Balaban J connectivity index is 3.41. The molecule has 90 valence electrons. The third-order valence-corrected chi connectivity index (χ3v) is 2.52. The van der Waals surface area contributed by atoms with Crippen LogP contribution < -0.4 is 5.73 Å². The molecule has 0 rings (SSSR count). The fraction of sp³-hybridized carbons (Fsp3) is 0.917. The Morgan fingerprint density at radius 3 is 2.47 bits per heavy atom. The van der Waals surface area contributed by atoms with E-state index in [1.165, 1.54) is 12.8 Å². The molecule has 3 heteroatoms. The van der Waals surface area contributed by atoms with Crippen molar-refractivity contribution in [3.8, 4) is 0 Å². The Labute approximate surface area is 93.4 Å². The van der Waals surface area contributed by atoms with Gasteiger partial charge in [-0.15, -0.1) is 0 Å². The molecule has 0 aromatic carbocycles. The minimum absolute atomic E-state index is 0.0758. The van der Waals surface area contributed by atoms with Gasteiger partial charge in [0.15, 0.2) is 0 Å². The molecule has 1 unspecified atom stereocenters. The SMILES string of the molecule is CCCCCCOC(=O)CC(N)C(C)C. The van der Waals surface area contributed by atoms with Crippen LogP contribution >= 0.6 is 0 Å².